The van der Waals surface area contributed by atoms with E-state index in [0.29, 0.717) is 6.54 Å². The van der Waals surface area contributed by atoms with Crippen molar-refractivity contribution in [2.24, 2.45) is 5.73 Å². The summed E-state index contributed by atoms with van der Waals surface area (Å²) in [6.07, 6.45) is 2.81. The van der Waals surface area contributed by atoms with Gasteiger partial charge in [0.1, 0.15) is 0 Å². The average molecular weight is 268 g/mol. The van der Waals surface area contributed by atoms with Crippen molar-refractivity contribution >= 4 is 17.0 Å². The van der Waals surface area contributed by atoms with Gasteiger partial charge in [0.05, 0.1) is 28.7 Å². The smallest absolute Gasteiger partial charge is 0.203 e. The molecule has 0 saturated carbocycles. The Morgan fingerprint density at radius 3 is 3.20 bits per heavy atom. The van der Waals surface area contributed by atoms with Gasteiger partial charge < -0.3 is 20.6 Å². The number of rotatable bonds is 2. The highest BCUT2D eigenvalue weighted by atomic mass is 15.2. The molecule has 4 N–H and O–H groups in total. The Morgan fingerprint density at radius 1 is 1.35 bits per heavy atom. The number of anilines is 1. The summed E-state index contributed by atoms with van der Waals surface area (Å²) >= 11 is 0. The van der Waals surface area contributed by atoms with Crippen LogP contribution in [0.5, 0.6) is 0 Å². The molecule has 3 aromatic rings. The van der Waals surface area contributed by atoms with Gasteiger partial charge in [0, 0.05) is 25.2 Å². The van der Waals surface area contributed by atoms with Crippen molar-refractivity contribution in [1.82, 2.24) is 19.5 Å². The molecule has 1 aliphatic heterocycles. The van der Waals surface area contributed by atoms with E-state index < -0.39 is 0 Å². The molecule has 0 atom stereocenters. The minimum absolute atomic E-state index is 0.491. The molecule has 20 heavy (non-hydrogen) atoms. The number of nitrogens with two attached hydrogens (primary N) is 1. The Labute approximate surface area is 116 Å². The van der Waals surface area contributed by atoms with Crippen molar-refractivity contribution in [1.29, 1.82) is 0 Å². The molecule has 0 radical (unpaired) electrons. The number of imidazole rings is 2. The van der Waals surface area contributed by atoms with Crippen LogP contribution in [0.15, 0.2) is 24.5 Å². The number of benzene rings is 1. The summed E-state index contributed by atoms with van der Waals surface area (Å²) in [5.41, 5.74) is 11.1. The van der Waals surface area contributed by atoms with Gasteiger partial charge in [-0.1, -0.05) is 6.07 Å². The first-order valence-electron chi connectivity index (χ1n) is 6.83. The van der Waals surface area contributed by atoms with E-state index in [2.05, 4.69) is 32.0 Å². The number of aromatic nitrogens is 4. The van der Waals surface area contributed by atoms with Crippen LogP contribution in [0.4, 0.5) is 5.95 Å². The maximum Gasteiger partial charge on any atom is 0.203 e. The van der Waals surface area contributed by atoms with Crippen molar-refractivity contribution in [2.45, 2.75) is 19.5 Å². The van der Waals surface area contributed by atoms with Crippen LogP contribution in [0.3, 0.4) is 0 Å². The van der Waals surface area contributed by atoms with Gasteiger partial charge in [-0.3, -0.25) is 0 Å². The molecule has 1 aliphatic rings. The van der Waals surface area contributed by atoms with Gasteiger partial charge >= 0.3 is 0 Å². The summed E-state index contributed by atoms with van der Waals surface area (Å²) in [5, 5.41) is 3.34. The van der Waals surface area contributed by atoms with Crippen LogP contribution in [-0.2, 0) is 13.1 Å². The second-order valence-corrected chi connectivity index (χ2v) is 5.00. The van der Waals surface area contributed by atoms with E-state index in [4.69, 9.17) is 10.7 Å². The molecule has 6 nitrogen and oxygen atoms in total. The zero-order chi connectivity index (χ0) is 13.5. The van der Waals surface area contributed by atoms with Crippen LogP contribution in [0.2, 0.25) is 0 Å². The van der Waals surface area contributed by atoms with Crippen molar-refractivity contribution in [3.05, 3.63) is 30.2 Å². The summed E-state index contributed by atoms with van der Waals surface area (Å²) < 4.78 is 2.19. The molecule has 0 bridgehead atoms. The lowest BCUT2D eigenvalue weighted by Crippen LogP contribution is -2.19. The van der Waals surface area contributed by atoms with E-state index in [9.17, 15) is 0 Å². The number of fused-ring (bicyclic) bond motifs is 2. The molecule has 1 aromatic carbocycles. The molecule has 0 unspecified atom stereocenters. The molecule has 2 aromatic heterocycles. The first-order valence-corrected chi connectivity index (χ1v) is 6.83. The van der Waals surface area contributed by atoms with Crippen molar-refractivity contribution < 1.29 is 0 Å². The number of nitrogens with zero attached hydrogens (tertiary/aromatic N) is 3. The second-order valence-electron chi connectivity index (χ2n) is 5.00. The van der Waals surface area contributed by atoms with Crippen molar-refractivity contribution in [3.63, 3.8) is 0 Å². The Bertz CT molecular complexity index is 769. The molecule has 3 heterocycles. The fraction of sp³-hybridized carbons (Fsp3) is 0.286. The largest absolute Gasteiger partial charge is 0.356 e. The van der Waals surface area contributed by atoms with Gasteiger partial charge in [-0.2, -0.15) is 0 Å². The molecule has 102 valence electrons. The van der Waals surface area contributed by atoms with E-state index in [1.807, 2.05) is 6.07 Å². The van der Waals surface area contributed by atoms with Crippen LogP contribution in [0.1, 0.15) is 12.1 Å². The highest BCUT2D eigenvalue weighted by molar-refractivity contribution is 5.81. The first kappa shape index (κ1) is 11.5. The minimum Gasteiger partial charge on any atom is -0.356 e. The normalized spacial score (nSPS) is 14.2. The molecule has 0 aliphatic carbocycles. The van der Waals surface area contributed by atoms with Crippen LogP contribution >= 0.6 is 0 Å². The summed E-state index contributed by atoms with van der Waals surface area (Å²) in [6, 6.07) is 6.14. The van der Waals surface area contributed by atoms with E-state index >= 15 is 0 Å². The molecule has 6 heteroatoms. The maximum absolute atomic E-state index is 5.94. The third-order valence-electron chi connectivity index (χ3n) is 3.80. The zero-order valence-electron chi connectivity index (χ0n) is 11.1. The first-order chi connectivity index (χ1) is 9.86. The van der Waals surface area contributed by atoms with E-state index in [-0.39, 0.29) is 0 Å². The van der Waals surface area contributed by atoms with Gasteiger partial charge in [-0.15, -0.1) is 0 Å². The van der Waals surface area contributed by atoms with Gasteiger partial charge in [0.2, 0.25) is 5.95 Å². The SMILES string of the molecule is NCc1c(-c2ccc3nc[nH]c3c2)nc2n1CCCN2. The lowest BCUT2D eigenvalue weighted by atomic mass is 10.1. The quantitative estimate of drug-likeness (QED) is 0.660. The van der Waals surface area contributed by atoms with E-state index in [1.165, 1.54) is 0 Å². The molecule has 0 spiro atoms. The predicted octanol–water partition coefficient (Wildman–Crippen LogP) is 1.70. The summed E-state index contributed by atoms with van der Waals surface area (Å²) in [7, 11) is 0. The Hall–Kier alpha value is -2.34. The van der Waals surface area contributed by atoms with E-state index in [0.717, 1.165) is 53.4 Å². The monoisotopic (exact) mass is 268 g/mol. The molecule has 0 saturated heterocycles. The Balaban J connectivity index is 1.90. The van der Waals surface area contributed by atoms with Crippen LogP contribution in [0.25, 0.3) is 22.3 Å². The second kappa shape index (κ2) is 4.35. The average Bonchev–Trinajstić information content (AvgIpc) is 3.10. The van der Waals surface area contributed by atoms with Crippen molar-refractivity contribution in [3.8, 4) is 11.3 Å². The highest BCUT2D eigenvalue weighted by Crippen LogP contribution is 2.29. The van der Waals surface area contributed by atoms with Crippen LogP contribution < -0.4 is 11.1 Å². The molecule has 0 fully saturated rings. The molecule has 0 amide bonds. The molecular weight excluding hydrogens is 252 g/mol. The summed E-state index contributed by atoms with van der Waals surface area (Å²) in [5.74, 6) is 0.927. The Kier molecular flexibility index (Phi) is 2.50. The fourth-order valence-corrected chi connectivity index (χ4v) is 2.82. The fourth-order valence-electron chi connectivity index (χ4n) is 2.82. The maximum atomic E-state index is 5.94. The standard InChI is InChI=1S/C14H16N6/c15-7-12-13(19-14-16-4-1-5-20(12)14)9-2-3-10-11(6-9)18-8-17-10/h2-3,6,8H,1,4-5,7,15H2,(H,16,19)(H,17,18). The summed E-state index contributed by atoms with van der Waals surface area (Å²) in [6.45, 7) is 2.44. The van der Waals surface area contributed by atoms with Gasteiger partial charge in [-0.05, 0) is 18.6 Å². The molecular formula is C14H16N6. The van der Waals surface area contributed by atoms with Crippen LogP contribution in [-0.4, -0.2) is 26.1 Å². The lowest BCUT2D eigenvalue weighted by molar-refractivity contribution is 0.604. The number of H-pyrrole nitrogens is 1. The minimum atomic E-state index is 0.491. The number of nitrogens with one attached hydrogen (secondary N) is 2. The van der Waals surface area contributed by atoms with E-state index in [1.54, 1.807) is 6.33 Å². The van der Waals surface area contributed by atoms with Gasteiger partial charge in [0.15, 0.2) is 0 Å². The predicted molar refractivity (Wildman–Crippen MR) is 78.3 cm³/mol. The number of aromatic amines is 1. The third-order valence-corrected chi connectivity index (χ3v) is 3.80. The highest BCUT2D eigenvalue weighted by Gasteiger charge is 2.19. The zero-order valence-corrected chi connectivity index (χ0v) is 11.1. The third kappa shape index (κ3) is 1.61. The number of hydrogen-bond donors (Lipinski definition) is 3. The summed E-state index contributed by atoms with van der Waals surface area (Å²) in [4.78, 5) is 12.1. The van der Waals surface area contributed by atoms with Gasteiger partial charge in [0.25, 0.3) is 0 Å². The number of hydrogen-bond acceptors (Lipinski definition) is 4. The lowest BCUT2D eigenvalue weighted by Gasteiger charge is -2.17. The molecule has 4 rings (SSSR count). The topological polar surface area (TPSA) is 84.6 Å². The van der Waals surface area contributed by atoms with Crippen molar-refractivity contribution in [2.75, 3.05) is 11.9 Å². The Morgan fingerprint density at radius 2 is 2.30 bits per heavy atom. The van der Waals surface area contributed by atoms with Gasteiger partial charge in [-0.25, -0.2) is 9.97 Å². The van der Waals surface area contributed by atoms with Crippen LogP contribution in [0, 0.1) is 0 Å².